The number of aromatic nitrogens is 1. The molecule has 2 rings (SSSR count). The third-order valence-corrected chi connectivity index (χ3v) is 2.99. The summed E-state index contributed by atoms with van der Waals surface area (Å²) in [5, 5.41) is 0.0501. The maximum atomic E-state index is 12.7. The molecule has 1 aromatic heterocycles. The lowest BCUT2D eigenvalue weighted by atomic mass is 9.96. The van der Waals surface area contributed by atoms with Crippen LogP contribution in [0.15, 0.2) is 12.1 Å². The van der Waals surface area contributed by atoms with Crippen molar-refractivity contribution in [2.75, 3.05) is 13.4 Å². The van der Waals surface area contributed by atoms with Crippen LogP contribution in [0.25, 0.3) is 0 Å². The molecule has 0 aliphatic carbocycles. The first-order valence-electron chi connectivity index (χ1n) is 5.19. The minimum absolute atomic E-state index is 0.0501. The van der Waals surface area contributed by atoms with Gasteiger partial charge in [-0.25, -0.2) is 13.8 Å². The second-order valence-corrected chi connectivity index (χ2v) is 4.45. The van der Waals surface area contributed by atoms with E-state index in [0.29, 0.717) is 18.7 Å². The third kappa shape index (κ3) is 2.73. The highest BCUT2D eigenvalue weighted by atomic mass is 35.5. The first-order chi connectivity index (χ1) is 8.01. The minimum atomic E-state index is -2.57. The van der Waals surface area contributed by atoms with Gasteiger partial charge < -0.3 is 9.47 Å². The predicted molar refractivity (Wildman–Crippen MR) is 58.1 cm³/mol. The Morgan fingerprint density at radius 3 is 2.82 bits per heavy atom. The topological polar surface area (TPSA) is 31.4 Å². The molecule has 1 fully saturated rings. The number of hydrogen-bond donors (Lipinski definition) is 0. The lowest BCUT2D eigenvalue weighted by Gasteiger charge is -2.33. The fraction of sp³-hybridized carbons (Fsp3) is 0.545. The number of nitrogens with zero attached hydrogens (tertiary/aromatic N) is 1. The Morgan fingerprint density at radius 1 is 1.47 bits per heavy atom. The molecule has 0 radical (unpaired) electrons. The fourth-order valence-electron chi connectivity index (χ4n) is 1.69. The highest BCUT2D eigenvalue weighted by Crippen LogP contribution is 2.33. The van der Waals surface area contributed by atoms with Crippen LogP contribution in [0.1, 0.15) is 31.0 Å². The highest BCUT2D eigenvalue weighted by Gasteiger charge is 2.33. The molecule has 0 N–H and O–H groups in total. The molecule has 1 atom stereocenters. The molecule has 94 valence electrons. The van der Waals surface area contributed by atoms with E-state index in [2.05, 4.69) is 4.98 Å². The van der Waals surface area contributed by atoms with E-state index in [1.54, 1.807) is 6.92 Å². The summed E-state index contributed by atoms with van der Waals surface area (Å²) in [5.41, 5.74) is -0.438. The standard InChI is InChI=1S/C11H12ClF2NO2/c1-11(2-3-16-6-17-11)8-4-7(10(13)14)5-9(12)15-8/h4-5,10H,2-3,6H2,1H3. The van der Waals surface area contributed by atoms with Crippen molar-refractivity contribution in [1.82, 2.24) is 4.98 Å². The van der Waals surface area contributed by atoms with Crippen molar-refractivity contribution in [3.63, 3.8) is 0 Å². The van der Waals surface area contributed by atoms with Gasteiger partial charge in [-0.3, -0.25) is 0 Å². The summed E-state index contributed by atoms with van der Waals surface area (Å²) in [6.07, 6.45) is -2.01. The Hall–Kier alpha value is -0.780. The molecule has 2 heterocycles. The molecule has 6 heteroatoms. The normalized spacial score (nSPS) is 25.2. The van der Waals surface area contributed by atoms with Gasteiger partial charge >= 0.3 is 0 Å². The lowest BCUT2D eigenvalue weighted by Crippen LogP contribution is -2.34. The van der Waals surface area contributed by atoms with E-state index in [1.807, 2.05) is 0 Å². The number of hydrogen-bond acceptors (Lipinski definition) is 3. The first kappa shape index (κ1) is 12.7. The third-order valence-electron chi connectivity index (χ3n) is 2.79. The molecule has 1 unspecified atom stereocenters. The summed E-state index contributed by atoms with van der Waals surface area (Å²) in [6, 6.07) is 2.50. The maximum absolute atomic E-state index is 12.7. The molecule has 1 saturated heterocycles. The van der Waals surface area contributed by atoms with Crippen LogP contribution in [0.2, 0.25) is 5.15 Å². The van der Waals surface area contributed by atoms with E-state index in [0.717, 1.165) is 0 Å². The van der Waals surface area contributed by atoms with Crippen LogP contribution in [-0.2, 0) is 15.1 Å². The molecule has 0 amide bonds. The van der Waals surface area contributed by atoms with Crippen molar-refractivity contribution in [3.8, 4) is 0 Å². The first-order valence-corrected chi connectivity index (χ1v) is 5.57. The van der Waals surface area contributed by atoms with Gasteiger partial charge in [0, 0.05) is 12.0 Å². The summed E-state index contributed by atoms with van der Waals surface area (Å²) in [7, 11) is 0. The fourth-order valence-corrected chi connectivity index (χ4v) is 1.90. The molecule has 1 aliphatic heterocycles. The van der Waals surface area contributed by atoms with Crippen LogP contribution in [-0.4, -0.2) is 18.4 Å². The minimum Gasteiger partial charge on any atom is -0.355 e. The van der Waals surface area contributed by atoms with E-state index in [1.165, 1.54) is 12.1 Å². The van der Waals surface area contributed by atoms with Gasteiger partial charge in [0.05, 0.1) is 12.3 Å². The van der Waals surface area contributed by atoms with Crippen LogP contribution in [0.4, 0.5) is 8.78 Å². The molecular formula is C11H12ClF2NO2. The molecule has 0 saturated carbocycles. The Kier molecular flexibility index (Phi) is 3.61. The van der Waals surface area contributed by atoms with Gasteiger partial charge in [0.15, 0.2) is 0 Å². The number of alkyl halides is 2. The highest BCUT2D eigenvalue weighted by molar-refractivity contribution is 6.29. The Balaban J connectivity index is 2.37. The monoisotopic (exact) mass is 263 g/mol. The average Bonchev–Trinajstić information content (AvgIpc) is 2.29. The van der Waals surface area contributed by atoms with Crippen molar-refractivity contribution in [2.45, 2.75) is 25.4 Å². The predicted octanol–water partition coefficient (Wildman–Crippen LogP) is 3.28. The van der Waals surface area contributed by atoms with E-state index in [4.69, 9.17) is 21.1 Å². The van der Waals surface area contributed by atoms with Gasteiger partial charge in [0.1, 0.15) is 17.5 Å². The molecule has 1 aliphatic rings. The SMILES string of the molecule is CC1(c2cc(C(F)F)cc(Cl)n2)CCOCO1. The summed E-state index contributed by atoms with van der Waals surface area (Å²) in [6.45, 7) is 2.44. The van der Waals surface area contributed by atoms with Crippen molar-refractivity contribution in [1.29, 1.82) is 0 Å². The van der Waals surface area contributed by atoms with Gasteiger partial charge in [-0.05, 0) is 19.1 Å². The summed E-state index contributed by atoms with van der Waals surface area (Å²) >= 11 is 5.74. The number of halogens is 3. The van der Waals surface area contributed by atoms with Gasteiger partial charge in [-0.2, -0.15) is 0 Å². The number of pyridine rings is 1. The zero-order valence-electron chi connectivity index (χ0n) is 9.25. The quantitative estimate of drug-likeness (QED) is 0.768. The summed E-state index contributed by atoms with van der Waals surface area (Å²) in [4.78, 5) is 4.06. The van der Waals surface area contributed by atoms with E-state index in [-0.39, 0.29) is 17.5 Å². The van der Waals surface area contributed by atoms with Gasteiger partial charge in [-0.1, -0.05) is 11.6 Å². The second-order valence-electron chi connectivity index (χ2n) is 4.06. The molecular weight excluding hydrogens is 252 g/mol. The van der Waals surface area contributed by atoms with E-state index >= 15 is 0 Å². The van der Waals surface area contributed by atoms with Crippen molar-refractivity contribution in [2.24, 2.45) is 0 Å². The Bertz CT molecular complexity index is 408. The van der Waals surface area contributed by atoms with Crippen molar-refractivity contribution in [3.05, 3.63) is 28.5 Å². The number of ether oxygens (including phenoxy) is 2. The Morgan fingerprint density at radius 2 is 2.24 bits per heavy atom. The van der Waals surface area contributed by atoms with Crippen LogP contribution >= 0.6 is 11.6 Å². The lowest BCUT2D eigenvalue weighted by molar-refractivity contribution is -0.192. The summed E-state index contributed by atoms with van der Waals surface area (Å²) in [5.74, 6) is 0. The van der Waals surface area contributed by atoms with E-state index in [9.17, 15) is 8.78 Å². The molecule has 0 aromatic carbocycles. The average molecular weight is 264 g/mol. The Labute approximate surface area is 103 Å². The van der Waals surface area contributed by atoms with Crippen LogP contribution in [0.5, 0.6) is 0 Å². The smallest absolute Gasteiger partial charge is 0.264 e. The number of rotatable bonds is 2. The van der Waals surface area contributed by atoms with Crippen LogP contribution in [0, 0.1) is 0 Å². The van der Waals surface area contributed by atoms with E-state index < -0.39 is 12.0 Å². The van der Waals surface area contributed by atoms with Crippen molar-refractivity contribution >= 4 is 11.6 Å². The van der Waals surface area contributed by atoms with Crippen LogP contribution in [0.3, 0.4) is 0 Å². The summed E-state index contributed by atoms with van der Waals surface area (Å²) < 4.78 is 35.9. The zero-order chi connectivity index (χ0) is 12.5. The van der Waals surface area contributed by atoms with Crippen molar-refractivity contribution < 1.29 is 18.3 Å². The molecule has 0 spiro atoms. The largest absolute Gasteiger partial charge is 0.355 e. The van der Waals surface area contributed by atoms with Crippen LogP contribution < -0.4 is 0 Å². The molecule has 1 aromatic rings. The molecule has 3 nitrogen and oxygen atoms in total. The van der Waals surface area contributed by atoms with Gasteiger partial charge in [0.25, 0.3) is 6.43 Å². The maximum Gasteiger partial charge on any atom is 0.264 e. The van der Waals surface area contributed by atoms with Gasteiger partial charge in [-0.15, -0.1) is 0 Å². The zero-order valence-corrected chi connectivity index (χ0v) is 10.0. The van der Waals surface area contributed by atoms with Gasteiger partial charge in [0.2, 0.25) is 0 Å². The molecule has 0 bridgehead atoms. The molecule has 17 heavy (non-hydrogen) atoms. The second kappa shape index (κ2) is 4.84.